The summed E-state index contributed by atoms with van der Waals surface area (Å²) in [5.74, 6) is 0.537. The number of ketones is 1. The van der Waals surface area contributed by atoms with Gasteiger partial charge in [0.05, 0.1) is 24.5 Å². The minimum absolute atomic E-state index is 0.0216. The van der Waals surface area contributed by atoms with E-state index in [-0.39, 0.29) is 57.7 Å². The van der Waals surface area contributed by atoms with Crippen molar-refractivity contribution in [1.82, 2.24) is 9.80 Å². The van der Waals surface area contributed by atoms with Gasteiger partial charge in [-0.25, -0.2) is 0 Å². The number of likely N-dealkylation sites (tertiary alicyclic amines) is 1. The highest BCUT2D eigenvalue weighted by Gasteiger charge is 2.71. The van der Waals surface area contributed by atoms with Crippen LogP contribution in [-0.2, 0) is 23.9 Å². The van der Waals surface area contributed by atoms with E-state index in [1.807, 2.05) is 4.90 Å². The Hall–Kier alpha value is -2.26. The van der Waals surface area contributed by atoms with E-state index in [1.54, 1.807) is 13.8 Å². The van der Waals surface area contributed by atoms with Gasteiger partial charge in [-0.2, -0.15) is 0 Å². The van der Waals surface area contributed by atoms with Gasteiger partial charge < -0.3 is 19.8 Å². The molecule has 0 aromatic rings. The molecule has 1 saturated heterocycles. The van der Waals surface area contributed by atoms with Crippen LogP contribution < -0.4 is 0 Å². The van der Waals surface area contributed by atoms with Crippen molar-refractivity contribution in [2.24, 2.45) is 62.1 Å². The molecule has 0 spiro atoms. The monoisotopic (exact) mass is 779 g/mol. The van der Waals surface area contributed by atoms with E-state index >= 15 is 0 Å². The number of carboxylic acid groups (broad SMARTS) is 1. The number of hydrogen-bond acceptors (Lipinski definition) is 7. The molecule has 1 amide bonds. The number of ether oxygens (including phenoxy) is 1. The number of carbonyl (C=O) groups excluding carboxylic acids is 3. The summed E-state index contributed by atoms with van der Waals surface area (Å²) >= 11 is 0. The Bertz CT molecular complexity index is 1620. The van der Waals surface area contributed by atoms with Crippen LogP contribution in [0.15, 0.2) is 11.1 Å². The molecule has 0 aromatic carbocycles. The third-order valence-electron chi connectivity index (χ3n) is 18.0. The molecule has 2 N–H and O–H groups in total. The lowest BCUT2D eigenvalue weighted by molar-refractivity contribution is -0.235. The van der Waals surface area contributed by atoms with Gasteiger partial charge >= 0.3 is 11.9 Å². The molecule has 9 nitrogen and oxygen atoms in total. The maximum atomic E-state index is 14.3. The molecule has 0 aromatic heterocycles. The molecule has 1 unspecified atom stereocenters. The molecule has 314 valence electrons. The Morgan fingerprint density at radius 1 is 0.893 bits per heavy atom. The van der Waals surface area contributed by atoms with Crippen molar-refractivity contribution in [2.75, 3.05) is 32.7 Å². The van der Waals surface area contributed by atoms with E-state index in [9.17, 15) is 29.4 Å². The number of aliphatic hydroxyl groups excluding tert-OH is 1. The lowest BCUT2D eigenvalue weighted by Crippen LogP contribution is -2.66. The first-order valence-corrected chi connectivity index (χ1v) is 22.5. The maximum Gasteiger partial charge on any atom is 0.309 e. The first-order valence-electron chi connectivity index (χ1n) is 22.5. The molecule has 56 heavy (non-hydrogen) atoms. The van der Waals surface area contributed by atoms with Crippen molar-refractivity contribution < 1.29 is 34.1 Å². The predicted molar refractivity (Wildman–Crippen MR) is 216 cm³/mol. The summed E-state index contributed by atoms with van der Waals surface area (Å²) in [6, 6.07) is 0. The number of esters is 1. The molecule has 0 bridgehead atoms. The normalized spacial score (nSPS) is 38.7. The van der Waals surface area contributed by atoms with Crippen molar-refractivity contribution in [1.29, 1.82) is 0 Å². The molecule has 7 aliphatic rings. The second-order valence-electron chi connectivity index (χ2n) is 22.3. The fourth-order valence-corrected chi connectivity index (χ4v) is 14.4. The average molecular weight is 779 g/mol. The molecule has 1 heterocycles. The number of allylic oxidation sites excluding steroid dienone is 1. The fourth-order valence-electron chi connectivity index (χ4n) is 14.4. The van der Waals surface area contributed by atoms with E-state index in [0.717, 1.165) is 95.7 Å². The largest absolute Gasteiger partial charge is 0.481 e. The molecule has 1 aliphatic heterocycles. The van der Waals surface area contributed by atoms with Crippen LogP contribution in [0, 0.1) is 62.1 Å². The van der Waals surface area contributed by atoms with Crippen LogP contribution in [0.1, 0.15) is 152 Å². The summed E-state index contributed by atoms with van der Waals surface area (Å²) in [6.07, 6.45) is 11.4. The van der Waals surface area contributed by atoms with Gasteiger partial charge in [-0.05, 0) is 155 Å². The molecule has 6 fully saturated rings. The Balaban J connectivity index is 1.15. The fraction of sp³-hybridized carbons (Fsp3) is 0.872. The lowest BCUT2D eigenvalue weighted by atomic mass is 9.33. The third kappa shape index (κ3) is 6.72. The van der Waals surface area contributed by atoms with E-state index in [1.165, 1.54) is 5.57 Å². The zero-order valence-electron chi connectivity index (χ0n) is 36.3. The van der Waals surface area contributed by atoms with Gasteiger partial charge in [0.15, 0.2) is 5.78 Å². The predicted octanol–water partition coefficient (Wildman–Crippen LogP) is 8.08. The van der Waals surface area contributed by atoms with Crippen molar-refractivity contribution in [3.05, 3.63) is 11.1 Å². The van der Waals surface area contributed by atoms with E-state index < -0.39 is 28.9 Å². The summed E-state index contributed by atoms with van der Waals surface area (Å²) in [4.78, 5) is 57.3. The first-order chi connectivity index (χ1) is 26.1. The Labute approximate surface area is 337 Å². The number of Topliss-reactive ketones (excluding diaryl/α,β-unsaturated/α-hetero) is 1. The molecule has 5 saturated carbocycles. The number of hydrogen-bond donors (Lipinski definition) is 2. The number of rotatable bonds is 12. The van der Waals surface area contributed by atoms with Gasteiger partial charge in [0.25, 0.3) is 0 Å². The van der Waals surface area contributed by atoms with Crippen molar-refractivity contribution in [3.63, 3.8) is 0 Å². The number of fused-ring (bicyclic) bond motifs is 7. The molecule has 6 aliphatic carbocycles. The van der Waals surface area contributed by atoms with Gasteiger partial charge in [-0.3, -0.25) is 24.1 Å². The summed E-state index contributed by atoms with van der Waals surface area (Å²) in [5.41, 5.74) is 0.175. The highest BCUT2D eigenvalue weighted by atomic mass is 16.5. The maximum absolute atomic E-state index is 14.3. The highest BCUT2D eigenvalue weighted by molar-refractivity contribution is 6.00. The van der Waals surface area contributed by atoms with Crippen LogP contribution >= 0.6 is 0 Å². The molecule has 7 rings (SSSR count). The van der Waals surface area contributed by atoms with Crippen LogP contribution in [0.25, 0.3) is 0 Å². The summed E-state index contributed by atoms with van der Waals surface area (Å²) < 4.78 is 6.19. The first kappa shape index (κ1) is 41.9. The van der Waals surface area contributed by atoms with Gasteiger partial charge in [-0.15, -0.1) is 0 Å². The van der Waals surface area contributed by atoms with Crippen LogP contribution in [0.3, 0.4) is 0 Å². The number of aliphatic carboxylic acids is 1. The van der Waals surface area contributed by atoms with Crippen molar-refractivity contribution >= 4 is 23.6 Å². The summed E-state index contributed by atoms with van der Waals surface area (Å²) in [7, 11) is 0. The van der Waals surface area contributed by atoms with Gasteiger partial charge in [0.2, 0.25) is 5.91 Å². The number of nitrogens with zero attached hydrogens (tertiary/aromatic N) is 2. The van der Waals surface area contributed by atoms with Crippen molar-refractivity contribution in [2.45, 2.75) is 164 Å². The van der Waals surface area contributed by atoms with Gasteiger partial charge in [0, 0.05) is 30.3 Å². The minimum Gasteiger partial charge on any atom is -0.481 e. The van der Waals surface area contributed by atoms with Crippen molar-refractivity contribution in [3.8, 4) is 0 Å². The number of amides is 1. The Morgan fingerprint density at radius 3 is 2.20 bits per heavy atom. The SMILES string of the molecule is CC(C)C1=C2[C@H]3CC[C@@H]4[C@@]5(C)CC[C@H](OC(=O)CC(C)(C)C(=O)O)C(C)(C)C5CC[C@@]4(C)[C@]3(C)CC[C@@]2([C@@H](O)CN(CC2CC2)C(=O)CN2CCCC2)CC1=O. The van der Waals surface area contributed by atoms with Crippen LogP contribution in [0.2, 0.25) is 0 Å². The van der Waals surface area contributed by atoms with Crippen LogP contribution in [-0.4, -0.2) is 88.6 Å². The number of carboxylic acids is 1. The number of carbonyl (C=O) groups is 4. The number of aliphatic hydroxyl groups is 1. The minimum atomic E-state index is -1.17. The van der Waals surface area contributed by atoms with Gasteiger partial charge in [0.1, 0.15) is 6.10 Å². The molecule has 9 heteroatoms. The Morgan fingerprint density at radius 2 is 1.57 bits per heavy atom. The zero-order valence-corrected chi connectivity index (χ0v) is 36.3. The second kappa shape index (κ2) is 14.5. The highest BCUT2D eigenvalue weighted by Crippen LogP contribution is 2.77. The topological polar surface area (TPSA) is 124 Å². The zero-order chi connectivity index (χ0) is 40.8. The average Bonchev–Trinajstić information content (AvgIpc) is 3.66. The lowest BCUT2D eigenvalue weighted by Gasteiger charge is -2.72. The van der Waals surface area contributed by atoms with E-state index in [2.05, 4.69) is 53.4 Å². The van der Waals surface area contributed by atoms with E-state index in [4.69, 9.17) is 4.74 Å². The molecule has 9 atom stereocenters. The quantitative estimate of drug-likeness (QED) is 0.191. The van der Waals surface area contributed by atoms with E-state index in [0.29, 0.717) is 43.8 Å². The second-order valence-corrected chi connectivity index (χ2v) is 22.3. The molecule has 0 radical (unpaired) electrons. The molecular weight excluding hydrogens is 705 g/mol. The Kier molecular flexibility index (Phi) is 10.8. The molecular formula is C47H74N2O7. The van der Waals surface area contributed by atoms with Crippen LogP contribution in [0.4, 0.5) is 0 Å². The summed E-state index contributed by atoms with van der Waals surface area (Å²) in [5, 5.41) is 22.3. The summed E-state index contributed by atoms with van der Waals surface area (Å²) in [6.45, 7) is 23.0. The van der Waals surface area contributed by atoms with Gasteiger partial charge in [-0.1, -0.05) is 54.0 Å². The van der Waals surface area contributed by atoms with Crippen LogP contribution in [0.5, 0.6) is 0 Å². The smallest absolute Gasteiger partial charge is 0.309 e. The third-order valence-corrected chi connectivity index (χ3v) is 18.0. The standard InChI is InChI=1S/C47H74N2O7/c1-29(2)39-32(50)24-47(35(51)27-49(26-30-12-13-30)37(52)28-48-22-10-11-23-48)21-20-45(8)31(40(39)47)14-15-34-44(7)18-17-36(56-38(53)25-42(3,4)41(54)55)43(5,6)33(44)16-19-46(34,45)9/h29-31,33-36,51H,10-28H2,1-9H3,(H,54,55)/t31-,33?,34-,35+,36+,44+,45-,46-,47+/m1/s1.